The molecule has 7 aliphatic rings. The Hall–Kier alpha value is -12.0. The summed E-state index contributed by atoms with van der Waals surface area (Å²) in [5, 5.41) is 114. The fourth-order valence-corrected chi connectivity index (χ4v) is 18.2. The van der Waals surface area contributed by atoms with Crippen LogP contribution in [0.25, 0.3) is 11.1 Å². The van der Waals surface area contributed by atoms with Crippen LogP contribution in [0.3, 0.4) is 0 Å². The quantitative estimate of drug-likeness (QED) is 0.0205. The highest BCUT2D eigenvalue weighted by atomic mass is 35.5. The third-order valence-corrected chi connectivity index (χ3v) is 24.8. The van der Waals surface area contributed by atoms with Crippen LogP contribution in [0.4, 0.5) is 4.79 Å². The first-order valence-corrected chi connectivity index (χ1v) is 43.1. The van der Waals surface area contributed by atoms with E-state index in [4.69, 9.17) is 71.6 Å². The molecule has 692 valence electrons. The number of nitrogens with zero attached hydrogens (tertiary/aromatic N) is 1. The number of primary amides is 1. The number of hydrogen-bond donors (Lipinski definition) is 16. The molecular weight excluding hydrogens is 1750 g/mol. The fourth-order valence-electron chi connectivity index (χ4n) is 15.9. The number of amides is 8. The fraction of sp³-hybridized carbons (Fsp3) is 0.409. The van der Waals surface area contributed by atoms with Gasteiger partial charge in [0.25, 0.3) is 0 Å². The normalized spacial score (nSPS) is 25.5. The van der Waals surface area contributed by atoms with E-state index in [0.29, 0.717) is 11.1 Å². The Balaban J connectivity index is 1.17. The van der Waals surface area contributed by atoms with E-state index in [1.807, 2.05) is 0 Å². The van der Waals surface area contributed by atoms with Crippen molar-refractivity contribution in [3.8, 4) is 57.1 Å². The summed E-state index contributed by atoms with van der Waals surface area (Å²) in [6.07, 6.45) is -18.7. The van der Waals surface area contributed by atoms with E-state index < -0.39 is 294 Å². The first-order valence-electron chi connectivity index (χ1n) is 40.7. The molecule has 8 amide bonds. The number of carbonyl (C=O) groups excluding carboxylic acids is 10. The van der Waals surface area contributed by atoms with Gasteiger partial charge in [-0.2, -0.15) is 0 Å². The lowest BCUT2D eigenvalue weighted by Crippen LogP contribution is -2.65. The van der Waals surface area contributed by atoms with Crippen LogP contribution in [-0.4, -0.2) is 232 Å². The number of halogens is 2. The molecule has 6 aromatic rings. The Labute approximate surface area is 750 Å². The molecule has 41 heteroatoms. The van der Waals surface area contributed by atoms with Crippen LogP contribution in [0.15, 0.2) is 134 Å². The number of aliphatic hydroxyl groups excluding tert-OH is 5. The predicted molar refractivity (Wildman–Crippen MR) is 458 cm³/mol. The number of phenols is 3. The molecule has 0 aliphatic carbocycles. The molecule has 7 heterocycles. The molecule has 38 nitrogen and oxygen atoms in total. The van der Waals surface area contributed by atoms with Crippen molar-refractivity contribution in [1.29, 1.82) is 0 Å². The van der Waals surface area contributed by atoms with Crippen LogP contribution in [0.1, 0.15) is 128 Å². The summed E-state index contributed by atoms with van der Waals surface area (Å²) in [6.45, 7) is 20.6. The van der Waals surface area contributed by atoms with Gasteiger partial charge in [0.2, 0.25) is 53.4 Å². The smallest absolute Gasteiger partial charge is 0.410 e. The van der Waals surface area contributed by atoms with E-state index in [1.54, 1.807) is 46.8 Å². The van der Waals surface area contributed by atoms with Crippen molar-refractivity contribution in [3.63, 3.8) is 0 Å². The van der Waals surface area contributed by atoms with Crippen LogP contribution in [0.2, 0.25) is 10.0 Å². The Morgan fingerprint density at radius 3 is 1.88 bits per heavy atom. The van der Waals surface area contributed by atoms with Gasteiger partial charge in [0.15, 0.2) is 39.8 Å². The van der Waals surface area contributed by atoms with Crippen molar-refractivity contribution < 1.29 is 140 Å². The predicted octanol–water partition coefficient (Wildman–Crippen LogP) is 4.94. The van der Waals surface area contributed by atoms with Crippen molar-refractivity contribution in [2.24, 2.45) is 11.7 Å². The van der Waals surface area contributed by atoms with Gasteiger partial charge in [-0.3, -0.25) is 48.6 Å². The van der Waals surface area contributed by atoms with Crippen LogP contribution in [0, 0.1) is 26.7 Å². The highest BCUT2D eigenvalue weighted by Gasteiger charge is 2.53. The highest BCUT2D eigenvalue weighted by molar-refractivity contribution is 7.91. The lowest BCUT2D eigenvalue weighted by molar-refractivity contribution is -0.332. The molecule has 13 rings (SSSR count). The minimum atomic E-state index is -4.33. The summed E-state index contributed by atoms with van der Waals surface area (Å²) in [5.74, 6) is -18.4. The van der Waals surface area contributed by atoms with Gasteiger partial charge in [-0.1, -0.05) is 111 Å². The zero-order valence-corrected chi connectivity index (χ0v) is 73.4. The number of benzene rings is 6. The second kappa shape index (κ2) is 41.2. The van der Waals surface area contributed by atoms with E-state index in [-0.39, 0.29) is 48.0 Å². The molecule has 0 radical (unpaired) electrons. The number of likely N-dealkylation sites (N-methyl/N-ethyl adjacent to an activating group) is 1. The third-order valence-electron chi connectivity index (χ3n) is 22.2. The average molecular weight is 1850 g/mol. The molecule has 2 saturated heterocycles. The molecule has 6 aromatic carbocycles. The Morgan fingerprint density at radius 1 is 0.682 bits per heavy atom. The maximum Gasteiger partial charge on any atom is 0.410 e. The summed E-state index contributed by atoms with van der Waals surface area (Å²) in [5.41, 5.74) is 2.85. The molecule has 7 aliphatic heterocycles. The zero-order valence-electron chi connectivity index (χ0n) is 71.1. The number of aromatic hydroxyl groups is 3. The molecular formula is C88H101Cl2N9O29S. The number of ether oxygens (including phenoxy) is 9. The number of carbonyl (C=O) groups is 10. The van der Waals surface area contributed by atoms with Gasteiger partial charge < -0.3 is 121 Å². The number of sulfone groups is 1. The van der Waals surface area contributed by atoms with Crippen LogP contribution >= 0.6 is 23.2 Å². The Kier molecular flexibility index (Phi) is 31.2. The van der Waals surface area contributed by atoms with Crippen LogP contribution in [-0.2, 0) is 81.4 Å². The van der Waals surface area contributed by atoms with Crippen molar-refractivity contribution in [3.05, 3.63) is 184 Å². The van der Waals surface area contributed by atoms with E-state index >= 15 is 24.0 Å². The first kappa shape index (κ1) is 97.6. The molecule has 2 fully saturated rings. The number of fused-ring (bicyclic) bond motifs is 15. The molecule has 0 spiro atoms. The van der Waals surface area contributed by atoms with Gasteiger partial charge in [-0.15, -0.1) is 0 Å². The van der Waals surface area contributed by atoms with Crippen molar-refractivity contribution in [1.82, 2.24) is 42.1 Å². The molecule has 11 bridgehead atoms. The van der Waals surface area contributed by atoms with E-state index in [2.05, 4.69) is 57.0 Å². The maximum atomic E-state index is 16.5. The molecule has 0 aromatic heterocycles. The maximum absolute atomic E-state index is 16.5. The van der Waals surface area contributed by atoms with Gasteiger partial charge in [-0.25, -0.2) is 18.0 Å². The molecule has 17 N–H and O–H groups in total. The summed E-state index contributed by atoms with van der Waals surface area (Å²) >= 11 is 14.5. The number of hydrogen-bond acceptors (Lipinski definition) is 30. The van der Waals surface area contributed by atoms with Crippen LogP contribution < -0.4 is 57.2 Å². The zero-order chi connectivity index (χ0) is 94.3. The summed E-state index contributed by atoms with van der Waals surface area (Å²) in [6, 6.07) is 1.47. The number of aliphatic hydroxyl groups is 5. The van der Waals surface area contributed by atoms with Gasteiger partial charge in [0.1, 0.15) is 109 Å². The number of esters is 2. The lowest BCUT2D eigenvalue weighted by Gasteiger charge is -2.48. The number of nitrogens with one attached hydrogen (secondary N) is 7. The Morgan fingerprint density at radius 2 is 1.27 bits per heavy atom. The number of nitrogens with two attached hydrogens (primary N) is 1. The van der Waals surface area contributed by atoms with E-state index in [1.165, 1.54) is 33.0 Å². The molecule has 18 atom stereocenters. The van der Waals surface area contributed by atoms with Crippen molar-refractivity contribution >= 4 is 92.4 Å². The number of rotatable bonds is 25. The summed E-state index contributed by atoms with van der Waals surface area (Å²) in [7, 11) is -3.11. The number of phenolic OH excluding ortho intramolecular Hbond substituents is 3. The van der Waals surface area contributed by atoms with Gasteiger partial charge in [0.05, 0.1) is 52.0 Å². The second-order valence-corrected chi connectivity index (χ2v) is 35.2. The molecule has 10 unspecified atom stereocenters. The third kappa shape index (κ3) is 22.3. The SMILES string of the molecule is C=CCOC(=O)CNC1(C)CC(OC2C(Oc3c4cc5cc3Oc3ccc(cc3Cl)[C@@H](O)[C@@H](NC(=O)[C@@H](CC(C)C)N(C)C(=O)OCC=C)C(=O)N[C@@H](CC(N)=O)C(=O)N[C@H]5C(=O)NC3C(=O)N[C@H](C(=O)N[C@H](C(=O)OCC=C)c5cc(O)cc(O)c5-c5cc3ccc5O)[C@H](O)c3ccc(c(Cl)c3)O4)OC(CCS(=O)(=O)c3c(C)cc(C)cc3C)C(O)C2O)OC(C)C1O. The second-order valence-electron chi connectivity index (χ2n) is 32.3. The van der Waals surface area contributed by atoms with Crippen molar-refractivity contribution in [2.75, 3.05) is 39.2 Å². The topological polar surface area (TPSA) is 563 Å². The number of aryl methyl sites for hydroxylation is 3. The van der Waals surface area contributed by atoms with Gasteiger partial charge in [-0.05, 0) is 141 Å². The van der Waals surface area contributed by atoms with E-state index in [0.717, 1.165) is 95.4 Å². The largest absolute Gasteiger partial charge is 0.508 e. The standard InChI is InChI=1S/C88H101Cl2N9O29S/c1-12-22-120-63(104)38-92-88(10)37-64(123-43(9)78(88)109)127-76-74(108)73(107)59(21-25-129(118,119)77-41(7)27-40(6)28-42(77)8)126-86(76)128-75-60-32-47-33-61(75)125-58-20-17-46(31-52(58)90)72(106)70-84(115)96-68(85(116)121-23-13-2)50-34-48(100)35-56(102)65(50)49-29-44(15-18-55(49)101)66(81(112)98-70)95-82(113)67(47)94-79(110)53(36-62(91)103)93-83(114)69(71(105)45-16-19-57(124-60)51(89)30-45)97-80(111)54(26-39(4)5)99(11)87(117)122-24-14-3/h12-20,27-35,39,43,53-54,59,64,66-74,76,78,86,92,100-102,105-109H,1-3,21-26,36-38H2,4-11H3,(H2,91,103)(H,93,114)(H,94,110)(H,95,113)(H,96,115)(H,97,111)(H,98,112)/t43?,53-,54+,59?,64?,66?,67+,68-,69+,70-,71+,72+,73?,74?,76?,78?,86?,88?/m0/s1. The minimum absolute atomic E-state index is 0.0445. The van der Waals surface area contributed by atoms with Gasteiger partial charge in [0, 0.05) is 41.8 Å². The highest BCUT2D eigenvalue weighted by Crippen LogP contribution is 2.50. The van der Waals surface area contributed by atoms with Crippen molar-refractivity contribution in [2.45, 2.75) is 188 Å². The van der Waals surface area contributed by atoms with Gasteiger partial charge >= 0.3 is 18.0 Å². The minimum Gasteiger partial charge on any atom is -0.508 e. The van der Waals surface area contributed by atoms with Crippen LogP contribution in [0.5, 0.6) is 46.0 Å². The van der Waals surface area contributed by atoms with E-state index in [9.17, 15) is 73.2 Å². The lowest BCUT2D eigenvalue weighted by atomic mass is 9.85. The molecule has 129 heavy (non-hydrogen) atoms. The summed E-state index contributed by atoms with van der Waals surface area (Å²) < 4.78 is 85.3. The average Bonchev–Trinajstić information content (AvgIpc) is 0.738. The molecule has 0 saturated carbocycles. The summed E-state index contributed by atoms with van der Waals surface area (Å²) in [4.78, 5) is 149. The first-order chi connectivity index (χ1) is 60.9. The Bertz CT molecular complexity index is 5470. The monoisotopic (exact) mass is 1850 g/mol.